The monoisotopic (exact) mass is 460 g/mol. The first-order valence-corrected chi connectivity index (χ1v) is 13.4. The Morgan fingerprint density at radius 1 is 0.697 bits per heavy atom. The number of piperidine rings is 1. The third-order valence-electron chi connectivity index (χ3n) is 7.37. The molecule has 5 rings (SSSR count). The van der Waals surface area contributed by atoms with Gasteiger partial charge < -0.3 is 4.90 Å². The fourth-order valence-corrected chi connectivity index (χ4v) is 7.08. The summed E-state index contributed by atoms with van der Waals surface area (Å²) in [7, 11) is -3.48. The highest BCUT2D eigenvalue weighted by Crippen LogP contribution is 2.37. The average Bonchev–Trinajstić information content (AvgIpc) is 3.31. The Bertz CT molecular complexity index is 1130. The summed E-state index contributed by atoms with van der Waals surface area (Å²) in [5, 5.41) is 0. The molecule has 0 spiro atoms. The molecule has 0 amide bonds. The first-order chi connectivity index (χ1) is 16.1. The molecule has 0 unspecified atom stereocenters. The highest BCUT2D eigenvalue weighted by atomic mass is 32.2. The fourth-order valence-electron chi connectivity index (χ4n) is 5.54. The summed E-state index contributed by atoms with van der Waals surface area (Å²) < 4.78 is 28.4. The van der Waals surface area contributed by atoms with Crippen molar-refractivity contribution in [3.63, 3.8) is 0 Å². The summed E-state index contributed by atoms with van der Waals surface area (Å²) in [5.41, 5.74) is 2.69. The van der Waals surface area contributed by atoms with Crippen molar-refractivity contribution in [2.75, 3.05) is 32.7 Å². The molecule has 2 atom stereocenters. The molecule has 172 valence electrons. The van der Waals surface area contributed by atoms with Gasteiger partial charge in [-0.2, -0.15) is 4.31 Å². The van der Waals surface area contributed by atoms with E-state index in [1.807, 2.05) is 12.1 Å². The molecule has 0 N–H and O–H groups in total. The van der Waals surface area contributed by atoms with Gasteiger partial charge in [0, 0.05) is 25.6 Å². The second kappa shape index (κ2) is 9.80. The van der Waals surface area contributed by atoms with E-state index in [1.54, 1.807) is 28.6 Å². The van der Waals surface area contributed by atoms with Crippen LogP contribution >= 0.6 is 0 Å². The summed E-state index contributed by atoms with van der Waals surface area (Å²) in [5.74, 6) is 1.14. The topological polar surface area (TPSA) is 40.6 Å². The van der Waals surface area contributed by atoms with Crippen molar-refractivity contribution in [2.45, 2.75) is 29.6 Å². The van der Waals surface area contributed by atoms with Crippen LogP contribution in [-0.2, 0) is 10.0 Å². The lowest BCUT2D eigenvalue weighted by atomic mass is 9.86. The first kappa shape index (κ1) is 22.3. The largest absolute Gasteiger partial charge is 0.303 e. The van der Waals surface area contributed by atoms with Crippen molar-refractivity contribution >= 4 is 10.0 Å². The molecule has 0 aliphatic carbocycles. The van der Waals surface area contributed by atoms with Gasteiger partial charge in [0.1, 0.15) is 0 Å². The lowest BCUT2D eigenvalue weighted by molar-refractivity contribution is 0.180. The minimum atomic E-state index is -3.48. The molecule has 2 fully saturated rings. The third-order valence-corrected chi connectivity index (χ3v) is 9.21. The number of benzene rings is 3. The summed E-state index contributed by atoms with van der Waals surface area (Å²) in [6.45, 7) is 4.22. The van der Waals surface area contributed by atoms with Crippen LogP contribution in [0.5, 0.6) is 0 Å². The van der Waals surface area contributed by atoms with Gasteiger partial charge in [-0.05, 0) is 61.0 Å². The zero-order chi connectivity index (χ0) is 22.7. The summed E-state index contributed by atoms with van der Waals surface area (Å²) in [6, 6.07) is 30.1. The maximum absolute atomic E-state index is 13.4. The molecule has 0 radical (unpaired) electrons. The van der Waals surface area contributed by atoms with E-state index in [2.05, 4.69) is 59.5 Å². The normalized spacial score (nSPS) is 23.0. The number of hydrogen-bond acceptors (Lipinski definition) is 3. The molecule has 3 aromatic rings. The van der Waals surface area contributed by atoms with Gasteiger partial charge >= 0.3 is 0 Å². The summed E-state index contributed by atoms with van der Waals surface area (Å²) >= 11 is 0. The lowest BCUT2D eigenvalue weighted by Gasteiger charge is -2.35. The molecule has 2 saturated heterocycles. The maximum Gasteiger partial charge on any atom is 0.243 e. The average molecular weight is 461 g/mol. The third kappa shape index (κ3) is 4.91. The van der Waals surface area contributed by atoms with Crippen LogP contribution in [0.3, 0.4) is 0 Å². The first-order valence-electron chi connectivity index (χ1n) is 12.0. The number of sulfonamides is 1. The standard InChI is InChI=1S/C28H32N2O2S/c31-33(32,27-14-8-3-9-15-27)30-21-26(28(22-30)25-12-6-2-7-13-25)20-29-18-16-24(17-19-29)23-10-4-1-5-11-23/h1-15,24,26,28H,16-22H2/t26-,28+/m0/s1. The van der Waals surface area contributed by atoms with Gasteiger partial charge in [-0.15, -0.1) is 0 Å². The fraction of sp³-hybridized carbons (Fsp3) is 0.357. The van der Waals surface area contributed by atoms with Gasteiger partial charge in [-0.25, -0.2) is 8.42 Å². The van der Waals surface area contributed by atoms with E-state index in [1.165, 1.54) is 24.0 Å². The number of rotatable bonds is 6. The molecule has 0 saturated carbocycles. The van der Waals surface area contributed by atoms with Crippen LogP contribution in [0.4, 0.5) is 0 Å². The van der Waals surface area contributed by atoms with Crippen LogP contribution in [0, 0.1) is 5.92 Å². The molecule has 2 aliphatic heterocycles. The van der Waals surface area contributed by atoms with E-state index in [-0.39, 0.29) is 5.92 Å². The zero-order valence-electron chi connectivity index (χ0n) is 19.0. The van der Waals surface area contributed by atoms with Gasteiger partial charge in [-0.3, -0.25) is 0 Å². The Labute approximate surface area is 197 Å². The minimum Gasteiger partial charge on any atom is -0.303 e. The Balaban J connectivity index is 1.31. The lowest BCUT2D eigenvalue weighted by Crippen LogP contribution is -2.38. The van der Waals surface area contributed by atoms with E-state index in [9.17, 15) is 8.42 Å². The summed E-state index contributed by atoms with van der Waals surface area (Å²) in [6.07, 6.45) is 2.33. The van der Waals surface area contributed by atoms with Crippen molar-refractivity contribution in [1.82, 2.24) is 9.21 Å². The maximum atomic E-state index is 13.4. The Morgan fingerprint density at radius 3 is 1.85 bits per heavy atom. The molecule has 4 nitrogen and oxygen atoms in total. The quantitative estimate of drug-likeness (QED) is 0.521. The molecule has 3 aromatic carbocycles. The number of nitrogens with zero attached hydrogens (tertiary/aromatic N) is 2. The van der Waals surface area contributed by atoms with Gasteiger partial charge in [0.2, 0.25) is 10.0 Å². The molecule has 33 heavy (non-hydrogen) atoms. The van der Waals surface area contributed by atoms with E-state index in [0.717, 1.165) is 19.6 Å². The second-order valence-electron chi connectivity index (χ2n) is 9.40. The van der Waals surface area contributed by atoms with Gasteiger partial charge in [0.05, 0.1) is 4.90 Å². The van der Waals surface area contributed by atoms with Crippen LogP contribution in [0.1, 0.15) is 35.8 Å². The van der Waals surface area contributed by atoms with Crippen molar-refractivity contribution in [3.05, 3.63) is 102 Å². The Hall–Kier alpha value is -2.47. The van der Waals surface area contributed by atoms with Crippen molar-refractivity contribution in [1.29, 1.82) is 0 Å². The molecular formula is C28H32N2O2S. The molecule has 0 bridgehead atoms. The van der Waals surface area contributed by atoms with E-state index in [4.69, 9.17) is 0 Å². The zero-order valence-corrected chi connectivity index (χ0v) is 19.8. The van der Waals surface area contributed by atoms with Crippen LogP contribution < -0.4 is 0 Å². The van der Waals surface area contributed by atoms with Crippen LogP contribution in [0.2, 0.25) is 0 Å². The molecule has 5 heteroatoms. The molecular weight excluding hydrogens is 428 g/mol. The van der Waals surface area contributed by atoms with Crippen LogP contribution in [0.25, 0.3) is 0 Å². The smallest absolute Gasteiger partial charge is 0.243 e. The summed E-state index contributed by atoms with van der Waals surface area (Å²) in [4.78, 5) is 2.94. The van der Waals surface area contributed by atoms with Gasteiger partial charge in [-0.1, -0.05) is 78.9 Å². The Morgan fingerprint density at radius 2 is 1.24 bits per heavy atom. The predicted molar refractivity (Wildman–Crippen MR) is 133 cm³/mol. The van der Waals surface area contributed by atoms with Crippen molar-refractivity contribution < 1.29 is 8.42 Å². The van der Waals surface area contributed by atoms with E-state index in [0.29, 0.717) is 29.8 Å². The van der Waals surface area contributed by atoms with Crippen LogP contribution in [0.15, 0.2) is 95.9 Å². The second-order valence-corrected chi connectivity index (χ2v) is 11.3. The molecule has 2 aliphatic rings. The van der Waals surface area contributed by atoms with Crippen molar-refractivity contribution in [2.24, 2.45) is 5.92 Å². The minimum absolute atomic E-state index is 0.219. The molecule has 2 heterocycles. The van der Waals surface area contributed by atoms with Gasteiger partial charge in [0.25, 0.3) is 0 Å². The van der Waals surface area contributed by atoms with Gasteiger partial charge in [0.15, 0.2) is 0 Å². The SMILES string of the molecule is O=S(=O)(c1ccccc1)N1C[C@H](CN2CCC(c3ccccc3)CC2)[C@@H](c2ccccc2)C1. The molecule has 0 aromatic heterocycles. The van der Waals surface area contributed by atoms with Crippen molar-refractivity contribution in [3.8, 4) is 0 Å². The number of likely N-dealkylation sites (tertiary alicyclic amines) is 1. The van der Waals surface area contributed by atoms with Crippen LogP contribution in [-0.4, -0.2) is 50.3 Å². The predicted octanol–water partition coefficient (Wildman–Crippen LogP) is 4.97. The highest BCUT2D eigenvalue weighted by molar-refractivity contribution is 7.89. The highest BCUT2D eigenvalue weighted by Gasteiger charge is 2.40. The number of hydrogen-bond donors (Lipinski definition) is 0. The van der Waals surface area contributed by atoms with E-state index >= 15 is 0 Å². The van der Waals surface area contributed by atoms with E-state index < -0.39 is 10.0 Å². The Kier molecular flexibility index (Phi) is 6.63.